The summed E-state index contributed by atoms with van der Waals surface area (Å²) in [7, 11) is -4.22. The van der Waals surface area contributed by atoms with Gasteiger partial charge in [-0.1, -0.05) is 36.4 Å². The maximum Gasteiger partial charge on any atom is 0.419 e. The van der Waals surface area contributed by atoms with Crippen LogP contribution in [0.1, 0.15) is 5.56 Å². The van der Waals surface area contributed by atoms with Gasteiger partial charge in [0, 0.05) is 31.7 Å². The molecule has 0 aliphatic carbocycles. The van der Waals surface area contributed by atoms with Gasteiger partial charge in [0.25, 0.3) is 0 Å². The molecule has 1 aliphatic heterocycles. The molecule has 3 aromatic carbocycles. The van der Waals surface area contributed by atoms with E-state index in [4.69, 9.17) is 0 Å². The molecule has 6 nitrogen and oxygen atoms in total. The van der Waals surface area contributed by atoms with Crippen LogP contribution in [-0.4, -0.2) is 49.1 Å². The number of hydrogen-bond acceptors (Lipinski definition) is 5. The molecule has 36 heavy (non-hydrogen) atoms. The Bertz CT molecular complexity index is 1520. The largest absolute Gasteiger partial charge is 0.419 e. The lowest BCUT2D eigenvalue weighted by Gasteiger charge is -2.34. The van der Waals surface area contributed by atoms with Crippen molar-refractivity contribution in [3.63, 3.8) is 0 Å². The predicted octanol–water partition coefficient (Wildman–Crippen LogP) is 4.97. The summed E-state index contributed by atoms with van der Waals surface area (Å²) < 4.78 is 79.6. The zero-order valence-electron chi connectivity index (χ0n) is 18.8. The number of alkyl halides is 3. The number of sulfonamides is 1. The normalized spacial score (nSPS) is 15.4. The maximum absolute atomic E-state index is 13.6. The number of fused-ring (bicyclic) bond motifs is 1. The van der Waals surface area contributed by atoms with E-state index in [9.17, 15) is 26.0 Å². The molecule has 186 valence electrons. The molecule has 0 radical (unpaired) electrons. The molecule has 2 heterocycles. The van der Waals surface area contributed by atoms with Crippen molar-refractivity contribution in [2.75, 3.05) is 31.1 Å². The summed E-state index contributed by atoms with van der Waals surface area (Å²) in [5.74, 6) is -0.949. The van der Waals surface area contributed by atoms with E-state index in [1.807, 2.05) is 53.4 Å². The average molecular weight is 517 g/mol. The Labute approximate surface area is 204 Å². The van der Waals surface area contributed by atoms with Gasteiger partial charge in [-0.2, -0.15) is 17.5 Å². The van der Waals surface area contributed by atoms with Gasteiger partial charge < -0.3 is 4.90 Å². The van der Waals surface area contributed by atoms with Crippen molar-refractivity contribution in [3.05, 3.63) is 84.2 Å². The quantitative estimate of drug-likeness (QED) is 0.359. The van der Waals surface area contributed by atoms with Crippen molar-refractivity contribution in [2.45, 2.75) is 11.1 Å². The second-order valence-corrected chi connectivity index (χ2v) is 10.3. The smallest absolute Gasteiger partial charge is 0.352 e. The van der Waals surface area contributed by atoms with E-state index in [-0.39, 0.29) is 26.2 Å². The highest BCUT2D eigenvalue weighted by molar-refractivity contribution is 7.89. The number of rotatable bonds is 4. The monoisotopic (exact) mass is 516 g/mol. The third kappa shape index (κ3) is 4.63. The van der Waals surface area contributed by atoms with Crippen molar-refractivity contribution in [1.82, 2.24) is 14.5 Å². The molecule has 11 heteroatoms. The molecule has 5 rings (SSSR count). The first-order valence-corrected chi connectivity index (χ1v) is 12.5. The third-order valence-electron chi connectivity index (χ3n) is 6.14. The van der Waals surface area contributed by atoms with E-state index in [1.54, 1.807) is 6.07 Å². The first-order chi connectivity index (χ1) is 17.1. The van der Waals surface area contributed by atoms with Gasteiger partial charge in [0.05, 0.1) is 16.2 Å². The molecule has 0 N–H and O–H groups in total. The molecule has 1 aromatic heterocycles. The predicted molar refractivity (Wildman–Crippen MR) is 127 cm³/mol. The molecule has 0 saturated carbocycles. The number of anilines is 1. The summed E-state index contributed by atoms with van der Waals surface area (Å²) >= 11 is 0. The highest BCUT2D eigenvalue weighted by Gasteiger charge is 2.37. The minimum atomic E-state index is -4.99. The van der Waals surface area contributed by atoms with Gasteiger partial charge in [-0.3, -0.25) is 0 Å². The van der Waals surface area contributed by atoms with Crippen LogP contribution in [0, 0.1) is 5.82 Å². The van der Waals surface area contributed by atoms with Gasteiger partial charge in [-0.15, -0.1) is 10.2 Å². The fourth-order valence-electron chi connectivity index (χ4n) is 4.19. The Balaban J connectivity index is 1.29. The molecule has 0 amide bonds. The highest BCUT2D eigenvalue weighted by atomic mass is 32.2. The van der Waals surface area contributed by atoms with E-state index in [0.29, 0.717) is 23.6 Å². The Kier molecular flexibility index (Phi) is 6.13. The van der Waals surface area contributed by atoms with E-state index in [0.717, 1.165) is 26.7 Å². The number of benzene rings is 3. The minimum Gasteiger partial charge on any atom is -0.352 e. The highest BCUT2D eigenvalue weighted by Crippen LogP contribution is 2.33. The maximum atomic E-state index is 13.6. The summed E-state index contributed by atoms with van der Waals surface area (Å²) in [6, 6.07) is 19.4. The van der Waals surface area contributed by atoms with Crippen LogP contribution in [0.3, 0.4) is 0 Å². The van der Waals surface area contributed by atoms with Crippen LogP contribution in [0.4, 0.5) is 23.4 Å². The van der Waals surface area contributed by atoms with Crippen LogP contribution < -0.4 is 4.90 Å². The lowest BCUT2D eigenvalue weighted by atomic mass is 10.1. The van der Waals surface area contributed by atoms with Crippen molar-refractivity contribution >= 4 is 26.6 Å². The van der Waals surface area contributed by atoms with Gasteiger partial charge in [0.1, 0.15) is 5.82 Å². The summed E-state index contributed by atoms with van der Waals surface area (Å²) in [6.07, 6.45) is -4.99. The zero-order chi connectivity index (χ0) is 25.5. The number of hydrogen-bond donors (Lipinski definition) is 0. The standard InChI is InChI=1S/C25H20F4N4O2S/c26-22-8-7-20(16-21(22)25(27,28)29)36(34,35)33-13-11-32(12-14-33)24-10-9-23(30-31-24)19-6-5-17-3-1-2-4-18(17)15-19/h1-10,15-16H,11-14H2. The summed E-state index contributed by atoms with van der Waals surface area (Å²) in [5, 5.41) is 10.8. The SMILES string of the molecule is O=S(=O)(c1ccc(F)c(C(F)(F)F)c1)N1CCN(c2ccc(-c3ccc4ccccc4c3)nn2)CC1. The summed E-state index contributed by atoms with van der Waals surface area (Å²) in [5.41, 5.74) is 0.00710. The second kappa shape index (κ2) is 9.14. The molecular formula is C25H20F4N4O2S. The third-order valence-corrected chi connectivity index (χ3v) is 8.03. The lowest BCUT2D eigenvalue weighted by Crippen LogP contribution is -2.49. The number of halogens is 4. The molecule has 1 fully saturated rings. The van der Waals surface area contributed by atoms with Crippen LogP contribution in [0.15, 0.2) is 77.7 Å². The Morgan fingerprint density at radius 2 is 1.50 bits per heavy atom. The minimum absolute atomic E-state index is 0.0369. The van der Waals surface area contributed by atoms with Crippen LogP contribution in [0.25, 0.3) is 22.0 Å². The number of aromatic nitrogens is 2. The fourth-order valence-corrected chi connectivity index (χ4v) is 5.63. The Hall–Kier alpha value is -3.57. The van der Waals surface area contributed by atoms with E-state index in [1.165, 1.54) is 0 Å². The van der Waals surface area contributed by atoms with Crippen molar-refractivity contribution in [1.29, 1.82) is 0 Å². The van der Waals surface area contributed by atoms with Gasteiger partial charge in [-0.25, -0.2) is 12.8 Å². The molecule has 0 spiro atoms. The summed E-state index contributed by atoms with van der Waals surface area (Å²) in [6.45, 7) is 0.622. The Morgan fingerprint density at radius 3 is 2.17 bits per heavy atom. The van der Waals surface area contributed by atoms with E-state index < -0.39 is 32.5 Å². The molecule has 4 aromatic rings. The van der Waals surface area contributed by atoms with Crippen molar-refractivity contribution < 1.29 is 26.0 Å². The van der Waals surface area contributed by atoms with E-state index in [2.05, 4.69) is 10.2 Å². The van der Waals surface area contributed by atoms with Gasteiger partial charge in [0.15, 0.2) is 5.82 Å². The average Bonchev–Trinajstić information content (AvgIpc) is 2.88. The molecule has 1 saturated heterocycles. The molecule has 0 bridgehead atoms. The molecule has 0 atom stereocenters. The van der Waals surface area contributed by atoms with Crippen LogP contribution in [0.5, 0.6) is 0 Å². The van der Waals surface area contributed by atoms with Crippen molar-refractivity contribution in [2.24, 2.45) is 0 Å². The van der Waals surface area contributed by atoms with Crippen LogP contribution in [0.2, 0.25) is 0 Å². The number of nitrogens with zero attached hydrogens (tertiary/aromatic N) is 4. The first kappa shape index (κ1) is 24.1. The molecular weight excluding hydrogens is 496 g/mol. The lowest BCUT2D eigenvalue weighted by molar-refractivity contribution is -0.140. The second-order valence-electron chi connectivity index (χ2n) is 8.37. The van der Waals surface area contributed by atoms with Gasteiger partial charge in [-0.05, 0) is 47.2 Å². The van der Waals surface area contributed by atoms with Gasteiger partial charge >= 0.3 is 6.18 Å². The van der Waals surface area contributed by atoms with Crippen LogP contribution in [-0.2, 0) is 16.2 Å². The van der Waals surface area contributed by atoms with Gasteiger partial charge in [0.2, 0.25) is 10.0 Å². The zero-order valence-corrected chi connectivity index (χ0v) is 19.6. The number of piperazine rings is 1. The van der Waals surface area contributed by atoms with Crippen molar-refractivity contribution in [3.8, 4) is 11.3 Å². The molecule has 1 aliphatic rings. The first-order valence-electron chi connectivity index (χ1n) is 11.1. The van der Waals surface area contributed by atoms with Crippen LogP contribution >= 0.6 is 0 Å². The topological polar surface area (TPSA) is 66.4 Å². The molecule has 0 unspecified atom stereocenters. The Morgan fingerprint density at radius 1 is 0.778 bits per heavy atom. The summed E-state index contributed by atoms with van der Waals surface area (Å²) in [4.78, 5) is 1.26. The van der Waals surface area contributed by atoms with E-state index >= 15 is 0 Å². The fraction of sp³-hybridized carbons (Fsp3) is 0.200.